The molecule has 0 unspecified atom stereocenters. The molecule has 4 rings (SSSR count). The number of amides is 1. The van der Waals surface area contributed by atoms with Gasteiger partial charge in [0.2, 0.25) is 5.76 Å². The molecule has 0 bridgehead atoms. The van der Waals surface area contributed by atoms with E-state index in [0.717, 1.165) is 22.6 Å². The predicted octanol–water partition coefficient (Wildman–Crippen LogP) is 5.62. The fourth-order valence-corrected chi connectivity index (χ4v) is 3.83. The lowest BCUT2D eigenvalue weighted by molar-refractivity contribution is -0.478. The minimum Gasteiger partial charge on any atom is -0.383 e. The lowest BCUT2D eigenvalue weighted by atomic mass is 10.1. The first-order valence-corrected chi connectivity index (χ1v) is 11.2. The third-order valence-corrected chi connectivity index (χ3v) is 5.62. The minimum absolute atomic E-state index is 0.119. The van der Waals surface area contributed by atoms with Gasteiger partial charge in [-0.25, -0.2) is 9.37 Å². The molecular formula is C28H30N3O2+. The van der Waals surface area contributed by atoms with E-state index in [0.29, 0.717) is 18.3 Å². The van der Waals surface area contributed by atoms with E-state index in [1.54, 1.807) is 11.0 Å². The average Bonchev–Trinajstić information content (AvgIpc) is 3.13. The molecule has 3 aromatic carbocycles. The number of aryl methyl sites for hydroxylation is 2. The van der Waals surface area contributed by atoms with Gasteiger partial charge >= 0.3 is 11.9 Å². The van der Waals surface area contributed by atoms with Crippen LogP contribution in [0.5, 0.6) is 0 Å². The van der Waals surface area contributed by atoms with Crippen LogP contribution in [0.15, 0.2) is 78.6 Å². The Kier molecular flexibility index (Phi) is 6.31. The molecule has 33 heavy (non-hydrogen) atoms. The summed E-state index contributed by atoms with van der Waals surface area (Å²) in [6, 6.07) is 25.7. The molecule has 0 aliphatic carbocycles. The smallest absolute Gasteiger partial charge is 0.383 e. The highest BCUT2D eigenvalue weighted by Crippen LogP contribution is 2.35. The van der Waals surface area contributed by atoms with Crippen LogP contribution in [0.25, 0.3) is 6.08 Å². The highest BCUT2D eigenvalue weighted by Gasteiger charge is 2.42. The van der Waals surface area contributed by atoms with E-state index >= 15 is 0 Å². The number of hydrogen-bond acceptors (Lipinski definition) is 3. The Bertz CT molecular complexity index is 1160. The van der Waals surface area contributed by atoms with Crippen molar-refractivity contribution >= 4 is 35.1 Å². The summed E-state index contributed by atoms with van der Waals surface area (Å²) in [7, 11) is 3.74. The van der Waals surface area contributed by atoms with Gasteiger partial charge in [-0.2, -0.15) is 4.90 Å². The Morgan fingerprint density at radius 2 is 1.27 bits per heavy atom. The first kappa shape index (κ1) is 22.3. The molecule has 1 saturated heterocycles. The summed E-state index contributed by atoms with van der Waals surface area (Å²) in [5.41, 5.74) is 6.58. The maximum Gasteiger partial charge on any atom is 0.459 e. The maximum atomic E-state index is 12.7. The van der Waals surface area contributed by atoms with Crippen molar-refractivity contribution in [3.8, 4) is 0 Å². The second-order valence-corrected chi connectivity index (χ2v) is 8.44. The molecule has 0 atom stereocenters. The van der Waals surface area contributed by atoms with Crippen LogP contribution in [0.2, 0.25) is 0 Å². The highest BCUT2D eigenvalue weighted by atomic mass is 16.5. The number of rotatable bonds is 5. The van der Waals surface area contributed by atoms with Gasteiger partial charge in [0.15, 0.2) is 0 Å². The summed E-state index contributed by atoms with van der Waals surface area (Å²) in [6.45, 7) is 6.68. The Morgan fingerprint density at radius 3 is 1.67 bits per heavy atom. The molecule has 0 saturated carbocycles. The van der Waals surface area contributed by atoms with Gasteiger partial charge in [-0.3, -0.25) is 0 Å². The van der Waals surface area contributed by atoms with E-state index in [1.165, 1.54) is 11.1 Å². The largest absolute Gasteiger partial charge is 0.459 e. The van der Waals surface area contributed by atoms with Crippen molar-refractivity contribution in [2.45, 2.75) is 20.8 Å². The molecule has 0 radical (unpaired) electrons. The van der Waals surface area contributed by atoms with Crippen molar-refractivity contribution < 1.29 is 14.1 Å². The van der Waals surface area contributed by atoms with Crippen molar-refractivity contribution in [1.82, 2.24) is 4.90 Å². The zero-order chi connectivity index (χ0) is 23.5. The summed E-state index contributed by atoms with van der Waals surface area (Å²) in [5.74, 6) is 0.216. The van der Waals surface area contributed by atoms with Gasteiger partial charge in [0.1, 0.15) is 0 Å². The highest BCUT2D eigenvalue weighted by molar-refractivity contribution is 6.10. The molecule has 5 nitrogen and oxygen atoms in total. The van der Waals surface area contributed by atoms with Gasteiger partial charge in [0.05, 0.1) is 20.6 Å². The molecule has 1 heterocycles. The van der Waals surface area contributed by atoms with Gasteiger partial charge in [-0.15, -0.1) is 0 Å². The molecule has 1 fully saturated rings. The molecule has 1 amide bonds. The number of carbonyl (C=O) groups excluding carboxylic acids is 1. The summed E-state index contributed by atoms with van der Waals surface area (Å²) in [6.07, 6.45) is 1.80. The van der Waals surface area contributed by atoms with Crippen LogP contribution >= 0.6 is 0 Å². The first-order valence-electron chi connectivity index (χ1n) is 11.2. The molecule has 1 aliphatic rings. The summed E-state index contributed by atoms with van der Waals surface area (Å²) in [5, 5.41) is 0. The average molecular weight is 441 g/mol. The second-order valence-electron chi connectivity index (χ2n) is 8.44. The molecule has 5 heteroatoms. The van der Waals surface area contributed by atoms with Gasteiger partial charge in [0, 0.05) is 17.1 Å². The zero-order valence-corrected chi connectivity index (χ0v) is 19.9. The van der Waals surface area contributed by atoms with Crippen LogP contribution in [0.3, 0.4) is 0 Å². The van der Waals surface area contributed by atoms with E-state index in [4.69, 9.17) is 4.74 Å². The number of ether oxygens (including phenoxy) is 1. The van der Waals surface area contributed by atoms with Crippen molar-refractivity contribution in [3.63, 3.8) is 0 Å². The topological polar surface area (TPSA) is 35.8 Å². The van der Waals surface area contributed by atoms with Crippen LogP contribution in [-0.4, -0.2) is 42.0 Å². The maximum absolute atomic E-state index is 12.7. The normalized spacial score (nSPS) is 14.6. The minimum atomic E-state index is -0.119. The first-order chi connectivity index (χ1) is 15.9. The van der Waals surface area contributed by atoms with E-state index < -0.39 is 0 Å². The van der Waals surface area contributed by atoms with Gasteiger partial charge in [0.25, 0.3) is 0 Å². The van der Waals surface area contributed by atoms with Crippen LogP contribution < -0.4 is 4.90 Å². The fraction of sp³-hybridized carbons (Fsp3) is 0.214. The third kappa shape index (κ3) is 4.67. The molecule has 0 aromatic heterocycles. The standard InChI is InChI=1S/C28H30N3O2/c1-6-30-27(32)26(33-28(30)29(4)5)19-22-11-17-25(18-12-22)31(23-13-7-20(2)8-14-23)24-15-9-21(3)10-16-24/h7-19H,6H2,1-5H3/q+1. The Hall–Kier alpha value is -3.86. The van der Waals surface area contributed by atoms with Gasteiger partial charge < -0.3 is 9.64 Å². The third-order valence-electron chi connectivity index (χ3n) is 5.62. The second kappa shape index (κ2) is 9.33. The lowest BCUT2D eigenvalue weighted by Crippen LogP contribution is -2.34. The summed E-state index contributed by atoms with van der Waals surface area (Å²) >= 11 is 0. The molecule has 0 N–H and O–H groups in total. The van der Waals surface area contributed by atoms with E-state index in [-0.39, 0.29) is 5.91 Å². The number of carbonyl (C=O) groups is 1. The van der Waals surface area contributed by atoms with E-state index in [9.17, 15) is 4.79 Å². The number of amidine groups is 1. The fourth-order valence-electron chi connectivity index (χ4n) is 3.83. The molecule has 168 valence electrons. The monoisotopic (exact) mass is 440 g/mol. The van der Waals surface area contributed by atoms with Crippen LogP contribution in [0.1, 0.15) is 23.6 Å². The quantitative estimate of drug-likeness (QED) is 0.382. The lowest BCUT2D eigenvalue weighted by Gasteiger charge is -2.25. The molecule has 1 aliphatic heterocycles. The number of hydrogen-bond donors (Lipinski definition) is 0. The Labute approximate surface area is 195 Å². The predicted molar refractivity (Wildman–Crippen MR) is 134 cm³/mol. The van der Waals surface area contributed by atoms with Crippen LogP contribution in [0.4, 0.5) is 17.1 Å². The zero-order valence-electron chi connectivity index (χ0n) is 19.9. The molecule has 3 aromatic rings. The Balaban J connectivity index is 1.68. The van der Waals surface area contributed by atoms with Gasteiger partial charge in [-0.05, 0) is 68.8 Å². The SMILES string of the molecule is CCN1C(=O)C(=Cc2ccc(N(c3ccc(C)cc3)c3ccc(C)cc3)cc2)OC1=[N+](C)C. The summed E-state index contributed by atoms with van der Waals surface area (Å²) in [4.78, 5) is 16.6. The van der Waals surface area contributed by atoms with E-state index in [2.05, 4.69) is 79.4 Å². The number of anilines is 3. The van der Waals surface area contributed by atoms with Crippen molar-refractivity contribution in [1.29, 1.82) is 0 Å². The number of likely N-dealkylation sites (N-methyl/N-ethyl adjacent to an activating group) is 1. The molecule has 0 spiro atoms. The van der Waals surface area contributed by atoms with Gasteiger partial charge in [-0.1, -0.05) is 47.5 Å². The summed E-state index contributed by atoms with van der Waals surface area (Å²) < 4.78 is 7.66. The number of nitrogens with zero attached hydrogens (tertiary/aromatic N) is 3. The van der Waals surface area contributed by atoms with Crippen LogP contribution in [0, 0.1) is 13.8 Å². The molecular weight excluding hydrogens is 410 g/mol. The Morgan fingerprint density at radius 1 is 0.818 bits per heavy atom. The number of benzene rings is 3. The van der Waals surface area contributed by atoms with Crippen LogP contribution in [-0.2, 0) is 9.53 Å². The van der Waals surface area contributed by atoms with E-state index in [1.807, 2.05) is 37.7 Å². The van der Waals surface area contributed by atoms with Crippen molar-refractivity contribution in [2.24, 2.45) is 0 Å². The van der Waals surface area contributed by atoms with Crippen molar-refractivity contribution in [2.75, 3.05) is 25.5 Å². The van der Waals surface area contributed by atoms with Crippen molar-refractivity contribution in [3.05, 3.63) is 95.2 Å².